The zero-order chi connectivity index (χ0) is 22.3. The lowest BCUT2D eigenvalue weighted by atomic mass is 10.0. The van der Waals surface area contributed by atoms with Crippen molar-refractivity contribution in [3.05, 3.63) is 58.4 Å². The molecule has 4 rings (SSSR count). The molecule has 0 aliphatic heterocycles. The molecule has 0 radical (unpaired) electrons. The van der Waals surface area contributed by atoms with Crippen LogP contribution in [0, 0.1) is 11.6 Å². The second-order valence-corrected chi connectivity index (χ2v) is 7.97. The molecule has 162 valence electrons. The number of nitrogens with zero attached hydrogens (tertiary/aromatic N) is 2. The molecule has 1 aliphatic carbocycles. The molecule has 2 amide bonds. The van der Waals surface area contributed by atoms with Crippen molar-refractivity contribution in [2.45, 2.75) is 44.6 Å². The molecule has 3 aromatic rings. The minimum Gasteiger partial charge on any atom is -0.357 e. The molecular formula is C22H22F2N4O3. The summed E-state index contributed by atoms with van der Waals surface area (Å²) in [6.07, 6.45) is 1.95. The lowest BCUT2D eigenvalue weighted by Gasteiger charge is -2.18. The molecule has 31 heavy (non-hydrogen) atoms. The van der Waals surface area contributed by atoms with E-state index in [2.05, 4.69) is 20.8 Å². The van der Waals surface area contributed by atoms with E-state index in [0.29, 0.717) is 11.1 Å². The van der Waals surface area contributed by atoms with Crippen LogP contribution in [0.5, 0.6) is 0 Å². The van der Waals surface area contributed by atoms with E-state index in [1.807, 2.05) is 13.8 Å². The number of hydrogen-bond donors (Lipinski definition) is 2. The molecular weight excluding hydrogens is 406 g/mol. The van der Waals surface area contributed by atoms with Crippen LogP contribution in [0.25, 0.3) is 11.1 Å². The summed E-state index contributed by atoms with van der Waals surface area (Å²) in [6, 6.07) is 3.55. The molecule has 0 bridgehead atoms. The van der Waals surface area contributed by atoms with Crippen molar-refractivity contribution < 1.29 is 22.9 Å². The monoisotopic (exact) mass is 428 g/mol. The predicted octanol–water partition coefficient (Wildman–Crippen LogP) is 3.72. The maximum Gasteiger partial charge on any atom is 0.259 e. The normalized spacial score (nSPS) is 14.6. The molecule has 1 aliphatic rings. The smallest absolute Gasteiger partial charge is 0.259 e. The second-order valence-electron chi connectivity index (χ2n) is 7.97. The van der Waals surface area contributed by atoms with E-state index in [1.165, 1.54) is 13.1 Å². The van der Waals surface area contributed by atoms with Gasteiger partial charge in [-0.25, -0.2) is 13.8 Å². The number of amides is 2. The van der Waals surface area contributed by atoms with Crippen LogP contribution < -0.4 is 10.6 Å². The fourth-order valence-corrected chi connectivity index (χ4v) is 3.50. The number of nitrogens with one attached hydrogen (secondary N) is 2. The first-order chi connectivity index (χ1) is 14.8. The first kappa shape index (κ1) is 20.9. The van der Waals surface area contributed by atoms with Gasteiger partial charge in [0, 0.05) is 18.7 Å². The molecule has 2 heterocycles. The van der Waals surface area contributed by atoms with Gasteiger partial charge in [0.1, 0.15) is 6.04 Å². The zero-order valence-corrected chi connectivity index (χ0v) is 17.3. The maximum absolute atomic E-state index is 13.8. The van der Waals surface area contributed by atoms with Gasteiger partial charge in [0.2, 0.25) is 5.91 Å². The van der Waals surface area contributed by atoms with Gasteiger partial charge >= 0.3 is 0 Å². The van der Waals surface area contributed by atoms with E-state index in [-0.39, 0.29) is 28.7 Å². The Morgan fingerprint density at radius 1 is 1.16 bits per heavy atom. The summed E-state index contributed by atoms with van der Waals surface area (Å²) in [4.78, 5) is 30.3. The fourth-order valence-electron chi connectivity index (χ4n) is 3.50. The Labute approximate surface area is 177 Å². The Balaban J connectivity index is 1.77. The van der Waals surface area contributed by atoms with Gasteiger partial charge in [0.25, 0.3) is 11.6 Å². The van der Waals surface area contributed by atoms with Gasteiger partial charge in [0.05, 0.1) is 16.6 Å². The number of hydrogen-bond acceptors (Lipinski definition) is 5. The molecule has 0 spiro atoms. The SMILES string of the molecule is CNC(=O)C(NC(=O)c1cc(C2CC2)nc2onc(C(C)C)c12)c1ccc(F)c(F)c1. The highest BCUT2D eigenvalue weighted by atomic mass is 19.2. The van der Waals surface area contributed by atoms with Gasteiger partial charge in [-0.2, -0.15) is 0 Å². The molecule has 1 fully saturated rings. The lowest BCUT2D eigenvalue weighted by Crippen LogP contribution is -2.39. The molecule has 2 aromatic heterocycles. The number of benzene rings is 1. The van der Waals surface area contributed by atoms with E-state index < -0.39 is 29.5 Å². The van der Waals surface area contributed by atoms with Crippen LogP contribution in [0.15, 0.2) is 28.8 Å². The van der Waals surface area contributed by atoms with Crippen molar-refractivity contribution in [2.75, 3.05) is 7.05 Å². The zero-order valence-electron chi connectivity index (χ0n) is 17.3. The Bertz CT molecular complexity index is 1170. The number of rotatable bonds is 6. The van der Waals surface area contributed by atoms with E-state index in [1.54, 1.807) is 6.07 Å². The van der Waals surface area contributed by atoms with Crippen LogP contribution >= 0.6 is 0 Å². The highest BCUT2D eigenvalue weighted by Gasteiger charge is 2.31. The van der Waals surface area contributed by atoms with Gasteiger partial charge in [0.15, 0.2) is 11.6 Å². The number of carbonyl (C=O) groups is 2. The molecule has 2 N–H and O–H groups in total. The molecule has 1 saturated carbocycles. The first-order valence-electron chi connectivity index (χ1n) is 10.1. The number of pyridine rings is 1. The Morgan fingerprint density at radius 3 is 2.52 bits per heavy atom. The highest BCUT2D eigenvalue weighted by molar-refractivity contribution is 6.07. The van der Waals surface area contributed by atoms with Crippen molar-refractivity contribution in [2.24, 2.45) is 0 Å². The van der Waals surface area contributed by atoms with Gasteiger partial charge < -0.3 is 15.2 Å². The van der Waals surface area contributed by atoms with Crippen LogP contribution in [-0.2, 0) is 4.79 Å². The summed E-state index contributed by atoms with van der Waals surface area (Å²) >= 11 is 0. The molecule has 1 atom stereocenters. The fraction of sp³-hybridized carbons (Fsp3) is 0.364. The summed E-state index contributed by atoms with van der Waals surface area (Å²) in [7, 11) is 1.40. The summed E-state index contributed by atoms with van der Waals surface area (Å²) in [5.41, 5.74) is 1.98. The molecule has 1 unspecified atom stereocenters. The van der Waals surface area contributed by atoms with Crippen LogP contribution in [0.2, 0.25) is 0 Å². The largest absolute Gasteiger partial charge is 0.357 e. The lowest BCUT2D eigenvalue weighted by molar-refractivity contribution is -0.122. The van der Waals surface area contributed by atoms with Gasteiger partial charge in [-0.3, -0.25) is 9.59 Å². The van der Waals surface area contributed by atoms with Crippen LogP contribution in [0.4, 0.5) is 8.78 Å². The number of likely N-dealkylation sites (N-methyl/N-ethyl adjacent to an activating group) is 1. The third-order valence-electron chi connectivity index (χ3n) is 5.34. The van der Waals surface area contributed by atoms with E-state index >= 15 is 0 Å². The van der Waals surface area contributed by atoms with Crippen molar-refractivity contribution in [1.29, 1.82) is 0 Å². The number of carbonyl (C=O) groups excluding carboxylic acids is 2. The van der Waals surface area contributed by atoms with Crippen LogP contribution in [-0.4, -0.2) is 29.0 Å². The number of fused-ring (bicyclic) bond motifs is 1. The molecule has 1 aromatic carbocycles. The Hall–Kier alpha value is -3.36. The predicted molar refractivity (Wildman–Crippen MR) is 108 cm³/mol. The highest BCUT2D eigenvalue weighted by Crippen LogP contribution is 2.41. The minimum absolute atomic E-state index is 0.0256. The summed E-state index contributed by atoms with van der Waals surface area (Å²) in [5, 5.41) is 9.65. The standard InChI is InChI=1S/C22H22F2N4O3/c1-10(2)18-17-13(9-16(11-4-5-11)26-22(17)31-28-18)20(29)27-19(21(30)25-3)12-6-7-14(23)15(24)8-12/h6-11,19H,4-5H2,1-3H3,(H,25,30)(H,27,29). The minimum atomic E-state index is -1.22. The van der Waals surface area contributed by atoms with E-state index in [0.717, 1.165) is 30.7 Å². The van der Waals surface area contributed by atoms with Crippen molar-refractivity contribution >= 4 is 22.9 Å². The van der Waals surface area contributed by atoms with Crippen LogP contribution in [0.3, 0.4) is 0 Å². The average Bonchev–Trinajstić information content (AvgIpc) is 3.51. The molecule has 0 saturated heterocycles. The maximum atomic E-state index is 13.8. The summed E-state index contributed by atoms with van der Waals surface area (Å²) < 4.78 is 32.5. The van der Waals surface area contributed by atoms with Crippen molar-refractivity contribution in [3.63, 3.8) is 0 Å². The van der Waals surface area contributed by atoms with Gasteiger partial charge in [-0.15, -0.1) is 0 Å². The van der Waals surface area contributed by atoms with Crippen molar-refractivity contribution in [1.82, 2.24) is 20.8 Å². The van der Waals surface area contributed by atoms with E-state index in [4.69, 9.17) is 4.52 Å². The number of halogens is 2. The number of aromatic nitrogens is 2. The van der Waals surface area contributed by atoms with E-state index in [9.17, 15) is 18.4 Å². The third kappa shape index (κ3) is 3.99. The quantitative estimate of drug-likeness (QED) is 0.624. The topological polar surface area (TPSA) is 97.1 Å². The third-order valence-corrected chi connectivity index (χ3v) is 5.34. The second kappa shape index (κ2) is 8.05. The Morgan fingerprint density at radius 2 is 1.90 bits per heavy atom. The molecule has 7 nitrogen and oxygen atoms in total. The summed E-state index contributed by atoms with van der Waals surface area (Å²) in [5.74, 6) is -3.04. The molecule has 9 heteroatoms. The first-order valence-corrected chi connectivity index (χ1v) is 10.1. The Kier molecular flexibility index (Phi) is 5.43. The summed E-state index contributed by atoms with van der Waals surface area (Å²) in [6.45, 7) is 3.84. The van der Waals surface area contributed by atoms with Gasteiger partial charge in [-0.05, 0) is 42.5 Å². The van der Waals surface area contributed by atoms with Crippen LogP contribution in [0.1, 0.15) is 71.9 Å². The van der Waals surface area contributed by atoms with Crippen molar-refractivity contribution in [3.8, 4) is 0 Å². The average molecular weight is 428 g/mol. The van der Waals surface area contributed by atoms with Gasteiger partial charge in [-0.1, -0.05) is 25.1 Å².